The molecule has 2 N–H and O–H groups in total. The van der Waals surface area contributed by atoms with Crippen molar-refractivity contribution in [2.75, 3.05) is 25.1 Å². The molecule has 0 radical (unpaired) electrons. The third kappa shape index (κ3) is 3.64. The lowest BCUT2D eigenvalue weighted by Crippen LogP contribution is -2.37. The second-order valence-corrected chi connectivity index (χ2v) is 11.1. The molecule has 2 aliphatic rings. The molecule has 172 valence electrons. The van der Waals surface area contributed by atoms with Gasteiger partial charge in [0.05, 0.1) is 27.1 Å². The predicted molar refractivity (Wildman–Crippen MR) is 132 cm³/mol. The summed E-state index contributed by atoms with van der Waals surface area (Å²) in [6.07, 6.45) is 7.04. The fourth-order valence-corrected chi connectivity index (χ4v) is 8.08. The molecule has 33 heavy (non-hydrogen) atoms. The zero-order chi connectivity index (χ0) is 22.4. The smallest absolute Gasteiger partial charge is 0.148 e. The topological polar surface area (TPSA) is 67.3 Å². The van der Waals surface area contributed by atoms with E-state index < -0.39 is 0 Å². The van der Waals surface area contributed by atoms with Crippen LogP contribution in [0.15, 0.2) is 36.0 Å². The van der Waals surface area contributed by atoms with Crippen molar-refractivity contribution in [1.82, 2.24) is 9.97 Å². The molecule has 4 aromatic rings. The molecule has 4 heterocycles. The quantitative estimate of drug-likeness (QED) is 0.341. The SMILES string of the molecule is OCCC1CC[C@H](c2cc3c(Nc4cc5ncsc5cc4F)ccnc3s2)C12CCOCC2. The molecule has 2 atom stereocenters. The van der Waals surface area contributed by atoms with E-state index in [4.69, 9.17) is 4.74 Å². The van der Waals surface area contributed by atoms with Gasteiger partial charge < -0.3 is 15.2 Å². The molecule has 5 nitrogen and oxygen atoms in total. The summed E-state index contributed by atoms with van der Waals surface area (Å²) in [6.45, 7) is 1.84. The van der Waals surface area contributed by atoms with Crippen molar-refractivity contribution in [2.45, 2.75) is 38.0 Å². The van der Waals surface area contributed by atoms with Crippen LogP contribution in [-0.2, 0) is 4.74 Å². The molecule has 1 aliphatic carbocycles. The van der Waals surface area contributed by atoms with Crippen LogP contribution in [0, 0.1) is 17.2 Å². The summed E-state index contributed by atoms with van der Waals surface area (Å²) < 4.78 is 21.3. The van der Waals surface area contributed by atoms with Gasteiger partial charge in [-0.25, -0.2) is 14.4 Å². The first-order chi connectivity index (χ1) is 16.2. The van der Waals surface area contributed by atoms with Crippen molar-refractivity contribution in [3.63, 3.8) is 0 Å². The molecule has 1 unspecified atom stereocenters. The van der Waals surface area contributed by atoms with Crippen LogP contribution in [-0.4, -0.2) is 34.9 Å². The highest BCUT2D eigenvalue weighted by Crippen LogP contribution is 2.60. The highest BCUT2D eigenvalue weighted by Gasteiger charge is 2.51. The number of aromatic nitrogens is 2. The largest absolute Gasteiger partial charge is 0.396 e. The first-order valence-electron chi connectivity index (χ1n) is 11.5. The Balaban J connectivity index is 1.37. The highest BCUT2D eigenvalue weighted by molar-refractivity contribution is 7.18. The Morgan fingerprint density at radius 2 is 2.03 bits per heavy atom. The minimum Gasteiger partial charge on any atom is -0.396 e. The van der Waals surface area contributed by atoms with E-state index in [-0.39, 0.29) is 17.8 Å². The number of nitrogens with zero attached hydrogens (tertiary/aromatic N) is 2. The van der Waals surface area contributed by atoms with Gasteiger partial charge in [-0.1, -0.05) is 0 Å². The third-order valence-corrected chi connectivity index (χ3v) is 9.65. The summed E-state index contributed by atoms with van der Waals surface area (Å²) >= 11 is 3.20. The molecule has 2 fully saturated rings. The van der Waals surface area contributed by atoms with E-state index in [2.05, 4.69) is 21.4 Å². The van der Waals surface area contributed by atoms with Gasteiger partial charge in [-0.3, -0.25) is 0 Å². The highest BCUT2D eigenvalue weighted by atomic mass is 32.1. The van der Waals surface area contributed by atoms with Crippen molar-refractivity contribution < 1.29 is 14.2 Å². The Kier molecular flexibility index (Phi) is 5.57. The average Bonchev–Trinajstić information content (AvgIpc) is 3.53. The van der Waals surface area contributed by atoms with Gasteiger partial charge in [0, 0.05) is 36.3 Å². The van der Waals surface area contributed by atoms with Crippen molar-refractivity contribution in [1.29, 1.82) is 0 Å². The predicted octanol–water partition coefficient (Wildman–Crippen LogP) is 6.46. The number of ether oxygens (including phenoxy) is 1. The lowest BCUT2D eigenvalue weighted by molar-refractivity contribution is -0.0197. The summed E-state index contributed by atoms with van der Waals surface area (Å²) in [5.74, 6) is 0.704. The normalized spacial score (nSPS) is 22.5. The Morgan fingerprint density at radius 3 is 2.88 bits per heavy atom. The number of nitrogens with one attached hydrogen (secondary N) is 1. The molecule has 1 spiro atoms. The first-order valence-corrected chi connectivity index (χ1v) is 13.2. The molecule has 8 heteroatoms. The van der Waals surface area contributed by atoms with Crippen molar-refractivity contribution in [2.24, 2.45) is 11.3 Å². The first kappa shape index (κ1) is 21.4. The molecule has 3 aromatic heterocycles. The summed E-state index contributed by atoms with van der Waals surface area (Å²) in [5, 5.41) is 14.0. The number of rotatable bonds is 5. The van der Waals surface area contributed by atoms with Crippen LogP contribution < -0.4 is 5.32 Å². The zero-order valence-corrected chi connectivity index (χ0v) is 19.9. The van der Waals surface area contributed by atoms with Crippen molar-refractivity contribution in [3.8, 4) is 0 Å². The molecule has 0 bridgehead atoms. The number of aliphatic hydroxyl groups is 1. The minimum absolute atomic E-state index is 0.192. The summed E-state index contributed by atoms with van der Waals surface area (Å²) in [5.41, 5.74) is 4.02. The molecule has 1 aromatic carbocycles. The summed E-state index contributed by atoms with van der Waals surface area (Å²) in [6, 6.07) is 7.49. The maximum atomic E-state index is 14.8. The van der Waals surface area contributed by atoms with E-state index in [9.17, 15) is 9.50 Å². The third-order valence-electron chi connectivity index (χ3n) is 7.70. The van der Waals surface area contributed by atoms with Crippen LogP contribution in [0.3, 0.4) is 0 Å². The van der Waals surface area contributed by atoms with Gasteiger partial charge in [0.15, 0.2) is 0 Å². The molecular formula is C25H26FN3O2S2. The number of fused-ring (bicyclic) bond motifs is 2. The summed E-state index contributed by atoms with van der Waals surface area (Å²) in [7, 11) is 0. The fourth-order valence-electron chi connectivity index (χ4n) is 6.11. The molecule has 6 rings (SSSR count). The Morgan fingerprint density at radius 1 is 1.15 bits per heavy atom. The second-order valence-electron chi connectivity index (χ2n) is 9.19. The van der Waals surface area contributed by atoms with E-state index in [1.165, 1.54) is 16.2 Å². The lowest BCUT2D eigenvalue weighted by atomic mass is 9.65. The minimum atomic E-state index is -0.282. The number of hydrogen-bond acceptors (Lipinski definition) is 7. The van der Waals surface area contributed by atoms with E-state index in [1.54, 1.807) is 35.2 Å². The molecule has 1 saturated heterocycles. The number of halogens is 1. The Hall–Kier alpha value is -2.13. The molecular weight excluding hydrogens is 457 g/mol. The Labute approximate surface area is 199 Å². The van der Waals surface area contributed by atoms with Crippen LogP contribution in [0.5, 0.6) is 0 Å². The maximum Gasteiger partial charge on any atom is 0.148 e. The van der Waals surface area contributed by atoms with E-state index in [1.807, 2.05) is 6.07 Å². The average molecular weight is 484 g/mol. The van der Waals surface area contributed by atoms with Gasteiger partial charge in [0.1, 0.15) is 10.6 Å². The second kappa shape index (κ2) is 8.58. The van der Waals surface area contributed by atoms with E-state index in [0.717, 1.165) is 71.4 Å². The van der Waals surface area contributed by atoms with Gasteiger partial charge in [0.25, 0.3) is 0 Å². The number of pyridine rings is 1. The standard InChI is InChI=1S/C25H26FN3O2S2/c26-18-12-23-21(28-14-32-23)13-20(18)29-19-3-7-27-24-16(19)11-22(33-24)17-2-1-15(4-8-30)25(17)5-9-31-10-6-25/h3,7,11-15,17,30H,1-2,4-6,8-10H2,(H,27,29)/t15?,17-/m1/s1. The van der Waals surface area contributed by atoms with Gasteiger partial charge in [-0.2, -0.15) is 0 Å². The van der Waals surface area contributed by atoms with Crippen LogP contribution in [0.2, 0.25) is 0 Å². The van der Waals surface area contributed by atoms with Crippen LogP contribution >= 0.6 is 22.7 Å². The fraction of sp³-hybridized carbons (Fsp3) is 0.440. The molecule has 1 saturated carbocycles. The monoisotopic (exact) mass is 483 g/mol. The van der Waals surface area contributed by atoms with Crippen molar-refractivity contribution in [3.05, 3.63) is 46.7 Å². The number of anilines is 2. The van der Waals surface area contributed by atoms with Crippen LogP contribution in [0.25, 0.3) is 20.4 Å². The van der Waals surface area contributed by atoms with Crippen LogP contribution in [0.4, 0.5) is 15.8 Å². The van der Waals surface area contributed by atoms with Gasteiger partial charge in [-0.15, -0.1) is 22.7 Å². The van der Waals surface area contributed by atoms with Gasteiger partial charge in [0.2, 0.25) is 0 Å². The number of thiazole rings is 1. The number of benzene rings is 1. The molecule has 1 aliphatic heterocycles. The number of thiophene rings is 1. The lowest BCUT2D eigenvalue weighted by Gasteiger charge is -2.43. The zero-order valence-electron chi connectivity index (χ0n) is 18.2. The number of aliphatic hydroxyl groups excluding tert-OH is 1. The van der Waals surface area contributed by atoms with E-state index in [0.29, 0.717) is 17.5 Å². The Bertz CT molecular complexity index is 1300. The summed E-state index contributed by atoms with van der Waals surface area (Å²) in [4.78, 5) is 11.3. The maximum absolute atomic E-state index is 14.8. The van der Waals surface area contributed by atoms with Crippen molar-refractivity contribution >= 4 is 54.5 Å². The number of hydrogen-bond donors (Lipinski definition) is 2. The van der Waals surface area contributed by atoms with Gasteiger partial charge >= 0.3 is 0 Å². The van der Waals surface area contributed by atoms with Crippen LogP contribution in [0.1, 0.15) is 42.9 Å². The molecule has 0 amide bonds. The van der Waals surface area contributed by atoms with Gasteiger partial charge in [-0.05, 0) is 73.6 Å². The van der Waals surface area contributed by atoms with E-state index >= 15 is 0 Å².